The molecule has 1 saturated heterocycles. The van der Waals surface area contributed by atoms with E-state index in [0.717, 1.165) is 25.9 Å². The Balaban J connectivity index is 2.06. The summed E-state index contributed by atoms with van der Waals surface area (Å²) in [5.74, 6) is 0.986. The van der Waals surface area contributed by atoms with Crippen LogP contribution < -0.4 is 5.32 Å². The van der Waals surface area contributed by atoms with Crippen molar-refractivity contribution in [2.75, 3.05) is 26.7 Å². The molecule has 2 unspecified atom stereocenters. The van der Waals surface area contributed by atoms with Crippen LogP contribution in [0.15, 0.2) is 17.3 Å². The van der Waals surface area contributed by atoms with E-state index in [1.165, 1.54) is 6.20 Å². The van der Waals surface area contributed by atoms with Crippen molar-refractivity contribution in [2.24, 2.45) is 11.8 Å². The predicted molar refractivity (Wildman–Crippen MR) is 82.5 cm³/mol. The minimum Gasteiger partial charge on any atom is -0.320 e. The Hall–Kier alpha value is -0.920. The fourth-order valence-corrected chi connectivity index (χ4v) is 4.12. The molecule has 1 fully saturated rings. The normalized spacial score (nSPS) is 24.3. The molecule has 1 aliphatic heterocycles. The van der Waals surface area contributed by atoms with E-state index < -0.39 is 10.0 Å². The zero-order valence-electron chi connectivity index (χ0n) is 13.1. The molecule has 0 aliphatic carbocycles. The molecule has 0 amide bonds. The third-order valence-electron chi connectivity index (χ3n) is 4.36. The highest BCUT2D eigenvalue weighted by Crippen LogP contribution is 2.27. The van der Waals surface area contributed by atoms with Crippen LogP contribution in [0.2, 0.25) is 0 Å². The van der Waals surface area contributed by atoms with Crippen LogP contribution in [0.5, 0.6) is 0 Å². The van der Waals surface area contributed by atoms with E-state index in [-0.39, 0.29) is 0 Å². The van der Waals surface area contributed by atoms with Gasteiger partial charge in [0.2, 0.25) is 10.0 Å². The molecule has 2 rings (SSSR count). The van der Waals surface area contributed by atoms with Crippen molar-refractivity contribution in [3.05, 3.63) is 12.4 Å². The lowest BCUT2D eigenvalue weighted by Gasteiger charge is -2.34. The van der Waals surface area contributed by atoms with E-state index >= 15 is 0 Å². The Morgan fingerprint density at radius 1 is 1.38 bits per heavy atom. The minimum atomic E-state index is -3.39. The number of sulfonamides is 1. The highest BCUT2D eigenvalue weighted by Gasteiger charge is 2.32. The van der Waals surface area contributed by atoms with E-state index in [1.807, 2.05) is 7.05 Å². The van der Waals surface area contributed by atoms with Crippen molar-refractivity contribution in [1.82, 2.24) is 19.4 Å². The molecule has 6 nitrogen and oxygen atoms in total. The number of nitrogens with zero attached hydrogens (tertiary/aromatic N) is 3. The van der Waals surface area contributed by atoms with E-state index in [2.05, 4.69) is 24.3 Å². The van der Waals surface area contributed by atoms with Crippen LogP contribution >= 0.6 is 0 Å². The van der Waals surface area contributed by atoms with Gasteiger partial charge in [0, 0.05) is 25.8 Å². The van der Waals surface area contributed by atoms with Crippen molar-refractivity contribution < 1.29 is 8.42 Å². The summed E-state index contributed by atoms with van der Waals surface area (Å²) >= 11 is 0. The molecule has 2 heterocycles. The second-order valence-corrected chi connectivity index (χ2v) is 7.94. The van der Waals surface area contributed by atoms with Crippen LogP contribution in [0.1, 0.15) is 26.7 Å². The summed E-state index contributed by atoms with van der Waals surface area (Å²) in [6, 6.07) is 0. The first-order valence-corrected chi connectivity index (χ1v) is 9.06. The first-order chi connectivity index (χ1) is 9.95. The maximum Gasteiger partial charge on any atom is 0.246 e. The van der Waals surface area contributed by atoms with Crippen LogP contribution in [0.4, 0.5) is 0 Å². The van der Waals surface area contributed by atoms with Crippen LogP contribution in [-0.2, 0) is 16.6 Å². The summed E-state index contributed by atoms with van der Waals surface area (Å²) < 4.78 is 28.6. The van der Waals surface area contributed by atoms with Gasteiger partial charge in [0.05, 0.1) is 6.20 Å². The van der Waals surface area contributed by atoms with Crippen LogP contribution in [0.25, 0.3) is 0 Å². The van der Waals surface area contributed by atoms with Gasteiger partial charge in [0.1, 0.15) is 4.90 Å². The molecular weight excluding hydrogens is 288 g/mol. The topological polar surface area (TPSA) is 67.2 Å². The number of aryl methyl sites for hydroxylation is 1. The van der Waals surface area contributed by atoms with E-state index in [4.69, 9.17) is 0 Å². The number of piperidine rings is 1. The van der Waals surface area contributed by atoms with E-state index in [1.54, 1.807) is 15.2 Å². The molecule has 2 atom stereocenters. The molecule has 21 heavy (non-hydrogen) atoms. The summed E-state index contributed by atoms with van der Waals surface area (Å²) in [7, 11) is -1.49. The summed E-state index contributed by atoms with van der Waals surface area (Å²) in [4.78, 5) is 0.314. The van der Waals surface area contributed by atoms with Gasteiger partial charge in [-0.25, -0.2) is 8.42 Å². The Morgan fingerprint density at radius 3 is 2.81 bits per heavy atom. The molecule has 7 heteroatoms. The SMILES string of the molecule is CNCCCn1cc(S(=O)(=O)N2CCC(C)C(C)C2)cn1. The third-order valence-corrected chi connectivity index (χ3v) is 6.18. The molecule has 1 aliphatic rings. The Labute approximate surface area is 127 Å². The van der Waals surface area contributed by atoms with Gasteiger partial charge in [-0.05, 0) is 38.3 Å². The van der Waals surface area contributed by atoms with Gasteiger partial charge in [-0.15, -0.1) is 0 Å². The second-order valence-electron chi connectivity index (χ2n) is 6.00. The van der Waals surface area contributed by atoms with Crippen molar-refractivity contribution in [2.45, 2.75) is 38.1 Å². The lowest BCUT2D eigenvalue weighted by atomic mass is 9.90. The monoisotopic (exact) mass is 314 g/mol. The van der Waals surface area contributed by atoms with Gasteiger partial charge in [-0.2, -0.15) is 9.40 Å². The van der Waals surface area contributed by atoms with Gasteiger partial charge >= 0.3 is 0 Å². The predicted octanol–water partition coefficient (Wildman–Crippen LogP) is 1.16. The van der Waals surface area contributed by atoms with Crippen molar-refractivity contribution in [3.63, 3.8) is 0 Å². The van der Waals surface area contributed by atoms with Gasteiger partial charge in [-0.3, -0.25) is 4.68 Å². The molecule has 1 aromatic heterocycles. The molecule has 1 N–H and O–H groups in total. The van der Waals surface area contributed by atoms with Gasteiger partial charge < -0.3 is 5.32 Å². The first kappa shape index (κ1) is 16.5. The average Bonchev–Trinajstić information content (AvgIpc) is 2.91. The summed E-state index contributed by atoms with van der Waals surface area (Å²) in [6.45, 7) is 7.14. The first-order valence-electron chi connectivity index (χ1n) is 7.62. The molecule has 0 spiro atoms. The van der Waals surface area contributed by atoms with E-state index in [0.29, 0.717) is 29.8 Å². The van der Waals surface area contributed by atoms with E-state index in [9.17, 15) is 8.42 Å². The lowest BCUT2D eigenvalue weighted by molar-refractivity contribution is 0.212. The number of hydrogen-bond donors (Lipinski definition) is 1. The zero-order valence-corrected chi connectivity index (χ0v) is 13.9. The standard InChI is InChI=1S/C14H26N4O2S/c1-12-5-8-18(10-13(12)2)21(19,20)14-9-16-17(11-14)7-4-6-15-3/h9,11-13,15H,4-8,10H2,1-3H3. The van der Waals surface area contributed by atoms with Crippen LogP contribution in [0, 0.1) is 11.8 Å². The summed E-state index contributed by atoms with van der Waals surface area (Å²) in [5, 5.41) is 7.23. The third kappa shape index (κ3) is 3.84. The smallest absolute Gasteiger partial charge is 0.246 e. The van der Waals surface area contributed by atoms with Crippen molar-refractivity contribution in [1.29, 1.82) is 0 Å². The highest BCUT2D eigenvalue weighted by atomic mass is 32.2. The molecule has 0 saturated carbocycles. The average molecular weight is 314 g/mol. The Bertz CT molecular complexity index is 555. The molecule has 0 aromatic carbocycles. The number of nitrogens with one attached hydrogen (secondary N) is 1. The Morgan fingerprint density at radius 2 is 2.14 bits per heavy atom. The van der Waals surface area contributed by atoms with Gasteiger partial charge in [-0.1, -0.05) is 13.8 Å². The number of hydrogen-bond acceptors (Lipinski definition) is 4. The molecule has 120 valence electrons. The lowest BCUT2D eigenvalue weighted by Crippen LogP contribution is -2.42. The molecular formula is C14H26N4O2S. The minimum absolute atomic E-state index is 0.314. The maximum absolute atomic E-state index is 12.6. The largest absolute Gasteiger partial charge is 0.320 e. The Kier molecular flexibility index (Phi) is 5.40. The molecule has 1 aromatic rings. The van der Waals surface area contributed by atoms with Crippen LogP contribution in [-0.4, -0.2) is 49.2 Å². The fourth-order valence-electron chi connectivity index (χ4n) is 2.61. The zero-order chi connectivity index (χ0) is 15.5. The maximum atomic E-state index is 12.6. The summed E-state index contributed by atoms with van der Waals surface area (Å²) in [6.07, 6.45) is 4.97. The number of rotatable bonds is 6. The fraction of sp³-hybridized carbons (Fsp3) is 0.786. The van der Waals surface area contributed by atoms with Crippen LogP contribution in [0.3, 0.4) is 0 Å². The number of aromatic nitrogens is 2. The highest BCUT2D eigenvalue weighted by molar-refractivity contribution is 7.89. The quantitative estimate of drug-likeness (QED) is 0.800. The van der Waals surface area contributed by atoms with Crippen molar-refractivity contribution >= 4 is 10.0 Å². The van der Waals surface area contributed by atoms with Gasteiger partial charge in [0.15, 0.2) is 0 Å². The molecule has 0 bridgehead atoms. The van der Waals surface area contributed by atoms with Gasteiger partial charge in [0.25, 0.3) is 0 Å². The molecule has 0 radical (unpaired) electrons. The summed E-state index contributed by atoms with van der Waals surface area (Å²) in [5.41, 5.74) is 0. The van der Waals surface area contributed by atoms with Crippen molar-refractivity contribution in [3.8, 4) is 0 Å². The second kappa shape index (κ2) is 6.89.